The fourth-order valence-electron chi connectivity index (χ4n) is 0.386. The van der Waals surface area contributed by atoms with Gasteiger partial charge in [-0.1, -0.05) is 0 Å². The minimum atomic E-state index is -1.17. The van der Waals surface area contributed by atoms with E-state index in [1.54, 1.807) is 0 Å². The molecule has 0 radical (unpaired) electrons. The second-order valence-electron chi connectivity index (χ2n) is 1.37. The number of rotatable bonds is 1. The molecule has 1 heterocycles. The second kappa shape index (κ2) is 1.77. The van der Waals surface area contributed by atoms with E-state index >= 15 is 0 Å². The SMILES string of the molecule is Nc1ncc(C(=O)O)o1. The molecule has 0 bridgehead atoms. The Bertz CT molecular complexity index is 229. The van der Waals surface area contributed by atoms with Crippen LogP contribution in [-0.2, 0) is 0 Å². The zero-order valence-corrected chi connectivity index (χ0v) is 4.37. The first-order valence-electron chi connectivity index (χ1n) is 2.15. The number of anilines is 1. The molecule has 0 spiro atoms. The van der Waals surface area contributed by atoms with E-state index in [0.29, 0.717) is 0 Å². The van der Waals surface area contributed by atoms with Crippen LogP contribution in [0.4, 0.5) is 6.01 Å². The summed E-state index contributed by atoms with van der Waals surface area (Å²) in [4.78, 5) is 13.4. The van der Waals surface area contributed by atoms with Gasteiger partial charge in [-0.2, -0.15) is 0 Å². The molecule has 1 aromatic heterocycles. The van der Waals surface area contributed by atoms with Gasteiger partial charge in [0.05, 0.1) is 6.20 Å². The van der Waals surface area contributed by atoms with Crippen molar-refractivity contribution in [2.45, 2.75) is 0 Å². The highest BCUT2D eigenvalue weighted by Crippen LogP contribution is 2.02. The Balaban J connectivity index is 2.98. The van der Waals surface area contributed by atoms with Crippen molar-refractivity contribution < 1.29 is 14.3 Å². The Kier molecular flexibility index (Phi) is 1.11. The smallest absolute Gasteiger partial charge is 0.373 e. The van der Waals surface area contributed by atoms with E-state index in [-0.39, 0.29) is 11.8 Å². The number of carboxylic acid groups (broad SMARTS) is 1. The zero-order chi connectivity index (χ0) is 6.85. The molecule has 48 valence electrons. The van der Waals surface area contributed by atoms with Gasteiger partial charge in [0.1, 0.15) is 0 Å². The van der Waals surface area contributed by atoms with Crippen LogP contribution in [0.15, 0.2) is 10.6 Å². The molecule has 9 heavy (non-hydrogen) atoms. The highest BCUT2D eigenvalue weighted by atomic mass is 16.4. The summed E-state index contributed by atoms with van der Waals surface area (Å²) < 4.78 is 4.41. The first-order valence-corrected chi connectivity index (χ1v) is 2.15. The van der Waals surface area contributed by atoms with Crippen molar-refractivity contribution in [1.82, 2.24) is 4.98 Å². The molecule has 0 unspecified atom stereocenters. The van der Waals surface area contributed by atoms with Crippen molar-refractivity contribution in [2.24, 2.45) is 0 Å². The van der Waals surface area contributed by atoms with Crippen molar-refractivity contribution in [3.8, 4) is 0 Å². The molecule has 1 rings (SSSR count). The summed E-state index contributed by atoms with van der Waals surface area (Å²) in [6, 6.07) is -0.132. The highest BCUT2D eigenvalue weighted by molar-refractivity contribution is 5.84. The summed E-state index contributed by atoms with van der Waals surface area (Å²) in [6.07, 6.45) is 1.05. The molecule has 0 aromatic carbocycles. The van der Waals surface area contributed by atoms with Gasteiger partial charge in [-0.25, -0.2) is 9.78 Å². The largest absolute Gasteiger partial charge is 0.475 e. The van der Waals surface area contributed by atoms with E-state index in [1.165, 1.54) is 0 Å². The van der Waals surface area contributed by atoms with E-state index in [1.807, 2.05) is 0 Å². The maximum atomic E-state index is 10.0. The fraction of sp³-hybridized carbons (Fsp3) is 0. The Morgan fingerprint density at radius 3 is 2.78 bits per heavy atom. The van der Waals surface area contributed by atoms with Crippen molar-refractivity contribution in [1.29, 1.82) is 0 Å². The van der Waals surface area contributed by atoms with Gasteiger partial charge < -0.3 is 15.3 Å². The first-order chi connectivity index (χ1) is 4.20. The number of nitrogens with two attached hydrogens (primary N) is 1. The Labute approximate surface area is 50.1 Å². The Morgan fingerprint density at radius 2 is 2.56 bits per heavy atom. The topological polar surface area (TPSA) is 89.3 Å². The minimum Gasteiger partial charge on any atom is -0.475 e. The number of nitrogens with zero attached hydrogens (tertiary/aromatic N) is 1. The third-order valence-electron chi connectivity index (χ3n) is 0.734. The molecule has 0 amide bonds. The van der Waals surface area contributed by atoms with E-state index < -0.39 is 5.97 Å². The van der Waals surface area contributed by atoms with Crippen molar-refractivity contribution in [3.63, 3.8) is 0 Å². The summed E-state index contributed by atoms with van der Waals surface area (Å²) in [5, 5.41) is 8.21. The van der Waals surface area contributed by atoms with Crippen molar-refractivity contribution in [3.05, 3.63) is 12.0 Å². The molecule has 0 saturated heterocycles. The Hall–Kier alpha value is -1.52. The Morgan fingerprint density at radius 1 is 1.89 bits per heavy atom. The van der Waals surface area contributed by atoms with Crippen LogP contribution >= 0.6 is 0 Å². The molecular formula is C4H4N2O3. The molecule has 3 N–H and O–H groups in total. The van der Waals surface area contributed by atoms with Crippen molar-refractivity contribution >= 4 is 12.0 Å². The molecule has 1 aromatic rings. The lowest BCUT2D eigenvalue weighted by atomic mass is 10.5. The molecule has 0 aliphatic heterocycles. The lowest BCUT2D eigenvalue weighted by molar-refractivity contribution is 0.0663. The third kappa shape index (κ3) is 0.987. The quantitative estimate of drug-likeness (QED) is 0.553. The molecule has 0 saturated carbocycles. The van der Waals surface area contributed by atoms with Crippen LogP contribution in [0.2, 0.25) is 0 Å². The van der Waals surface area contributed by atoms with Gasteiger partial charge in [-0.05, 0) is 0 Å². The zero-order valence-electron chi connectivity index (χ0n) is 4.37. The lowest BCUT2D eigenvalue weighted by Gasteiger charge is -1.79. The second-order valence-corrected chi connectivity index (χ2v) is 1.37. The van der Waals surface area contributed by atoms with E-state index in [4.69, 9.17) is 10.8 Å². The molecule has 0 aliphatic carbocycles. The van der Waals surface area contributed by atoms with Crippen LogP contribution in [0.1, 0.15) is 10.6 Å². The molecular weight excluding hydrogens is 124 g/mol. The highest BCUT2D eigenvalue weighted by Gasteiger charge is 2.06. The standard InChI is InChI=1S/C4H4N2O3/c5-4-6-1-2(9-4)3(7)8/h1H,(H2,5,6)(H,7,8). The number of carboxylic acids is 1. The lowest BCUT2D eigenvalue weighted by Crippen LogP contribution is -1.91. The molecule has 5 nitrogen and oxygen atoms in total. The molecule has 0 atom stereocenters. The van der Waals surface area contributed by atoms with E-state index in [0.717, 1.165) is 6.20 Å². The summed E-state index contributed by atoms with van der Waals surface area (Å²) in [6.45, 7) is 0. The number of oxazole rings is 1. The summed E-state index contributed by atoms with van der Waals surface area (Å²) >= 11 is 0. The van der Waals surface area contributed by atoms with Crippen LogP contribution in [0.3, 0.4) is 0 Å². The van der Waals surface area contributed by atoms with Gasteiger partial charge in [0.15, 0.2) is 0 Å². The number of nitrogen functional groups attached to an aromatic ring is 1. The summed E-state index contributed by atoms with van der Waals surface area (Å²) in [5.74, 6) is -1.41. The van der Waals surface area contributed by atoms with Crippen LogP contribution in [-0.4, -0.2) is 16.1 Å². The van der Waals surface area contributed by atoms with E-state index in [2.05, 4.69) is 9.40 Å². The average Bonchev–Trinajstić information content (AvgIpc) is 2.14. The molecule has 5 heteroatoms. The monoisotopic (exact) mass is 128 g/mol. The minimum absolute atomic E-state index is 0.132. The maximum absolute atomic E-state index is 10.0. The van der Waals surface area contributed by atoms with Gasteiger partial charge >= 0.3 is 5.97 Å². The predicted octanol–water partition coefficient (Wildman–Crippen LogP) is -0.0450. The fourth-order valence-corrected chi connectivity index (χ4v) is 0.386. The summed E-state index contributed by atoms with van der Waals surface area (Å²) in [5.41, 5.74) is 4.98. The average molecular weight is 128 g/mol. The van der Waals surface area contributed by atoms with Crippen molar-refractivity contribution in [2.75, 3.05) is 5.73 Å². The first kappa shape index (κ1) is 5.61. The van der Waals surface area contributed by atoms with Gasteiger partial charge in [-0.3, -0.25) is 0 Å². The van der Waals surface area contributed by atoms with Crippen LogP contribution in [0.5, 0.6) is 0 Å². The van der Waals surface area contributed by atoms with Gasteiger partial charge in [-0.15, -0.1) is 0 Å². The third-order valence-corrected chi connectivity index (χ3v) is 0.734. The number of aromatic nitrogens is 1. The number of hydrogen-bond acceptors (Lipinski definition) is 4. The number of carbonyl (C=O) groups is 1. The molecule has 0 aliphatic rings. The van der Waals surface area contributed by atoms with Gasteiger partial charge in [0, 0.05) is 0 Å². The predicted molar refractivity (Wildman–Crippen MR) is 27.9 cm³/mol. The number of hydrogen-bond donors (Lipinski definition) is 2. The maximum Gasteiger partial charge on any atom is 0.373 e. The van der Waals surface area contributed by atoms with Crippen LogP contribution in [0, 0.1) is 0 Å². The summed E-state index contributed by atoms with van der Waals surface area (Å²) in [7, 11) is 0. The van der Waals surface area contributed by atoms with Crippen LogP contribution in [0.25, 0.3) is 0 Å². The van der Waals surface area contributed by atoms with Gasteiger partial charge in [0.25, 0.3) is 6.01 Å². The molecule has 0 fully saturated rings. The van der Waals surface area contributed by atoms with Crippen LogP contribution < -0.4 is 5.73 Å². The van der Waals surface area contributed by atoms with Gasteiger partial charge in [0.2, 0.25) is 5.76 Å². The normalized spacial score (nSPS) is 9.33. The number of aromatic carboxylic acids is 1. The van der Waals surface area contributed by atoms with E-state index in [9.17, 15) is 4.79 Å².